The number of aromatic nitrogens is 2. The fourth-order valence-corrected chi connectivity index (χ4v) is 11.1. The summed E-state index contributed by atoms with van der Waals surface area (Å²) in [6.45, 7) is 4.05. The first-order chi connectivity index (χ1) is 31.7. The molecule has 7 heterocycles. The Morgan fingerprint density at radius 2 is 1.62 bits per heavy atom. The van der Waals surface area contributed by atoms with Gasteiger partial charge in [-0.2, -0.15) is 13.8 Å². The monoisotopic (exact) mass is 909 g/mol. The highest BCUT2D eigenvalue weighted by Crippen LogP contribution is 2.45. The summed E-state index contributed by atoms with van der Waals surface area (Å²) in [6, 6.07) is 9.46. The van der Waals surface area contributed by atoms with Crippen LogP contribution in [0.15, 0.2) is 42.6 Å². The molecule has 66 heavy (non-hydrogen) atoms. The summed E-state index contributed by atoms with van der Waals surface area (Å²) in [4.78, 5) is 94.9. The number of imide groups is 2. The van der Waals surface area contributed by atoms with E-state index >= 15 is 8.78 Å². The van der Waals surface area contributed by atoms with E-state index < -0.39 is 48.0 Å². The van der Waals surface area contributed by atoms with Gasteiger partial charge >= 0.3 is 5.92 Å². The van der Waals surface area contributed by atoms with Crippen LogP contribution in [-0.2, 0) is 14.4 Å². The van der Waals surface area contributed by atoms with E-state index in [-0.39, 0.29) is 47.7 Å². The van der Waals surface area contributed by atoms with E-state index in [0.717, 1.165) is 87.3 Å². The molecule has 1 aliphatic carbocycles. The second-order valence-electron chi connectivity index (χ2n) is 18.8. The number of hydrazine groups is 1. The van der Waals surface area contributed by atoms with Gasteiger partial charge in [-0.05, 0) is 80.7 Å². The summed E-state index contributed by atoms with van der Waals surface area (Å²) < 4.78 is 35.8. The Hall–Kier alpha value is -6.28. The molecule has 7 aliphatic rings. The molecule has 3 aromatic rings. The number of benzene rings is 2. The molecule has 1 spiro atoms. The van der Waals surface area contributed by atoms with Gasteiger partial charge < -0.3 is 24.8 Å². The number of fused-ring (bicyclic) bond motifs is 2. The van der Waals surface area contributed by atoms with Crippen molar-refractivity contribution in [1.29, 1.82) is 0 Å². The van der Waals surface area contributed by atoms with Gasteiger partial charge in [0.25, 0.3) is 23.6 Å². The van der Waals surface area contributed by atoms with Crippen molar-refractivity contribution < 1.29 is 42.3 Å². The number of nitrogens with one attached hydrogen (secondary N) is 3. The topological polar surface area (TPSA) is 193 Å². The number of rotatable bonds is 9. The molecule has 20 heteroatoms. The van der Waals surface area contributed by atoms with Crippen molar-refractivity contribution in [3.8, 4) is 5.75 Å². The van der Waals surface area contributed by atoms with Crippen molar-refractivity contribution in [3.05, 3.63) is 59.3 Å². The number of amides is 6. The Labute approximate surface area is 379 Å². The van der Waals surface area contributed by atoms with Crippen molar-refractivity contribution in [2.24, 2.45) is 5.41 Å². The van der Waals surface area contributed by atoms with Gasteiger partial charge in [0.1, 0.15) is 17.5 Å². The molecule has 1 unspecified atom stereocenters. The summed E-state index contributed by atoms with van der Waals surface area (Å²) in [6.07, 6.45) is 8.51. The largest absolute Gasteiger partial charge is 0.495 e. The maximum atomic E-state index is 15.1. The van der Waals surface area contributed by atoms with Gasteiger partial charge in [0.15, 0.2) is 5.82 Å². The number of methoxy groups -OCH3 is 1. The first-order valence-corrected chi connectivity index (χ1v) is 22.9. The maximum absolute atomic E-state index is 15.1. The summed E-state index contributed by atoms with van der Waals surface area (Å²) in [5, 5.41) is 7.33. The molecule has 1 saturated carbocycles. The molecular weight excluding hydrogens is 857 g/mol. The predicted octanol–water partition coefficient (Wildman–Crippen LogP) is 3.70. The molecule has 6 aliphatic heterocycles. The van der Waals surface area contributed by atoms with Crippen LogP contribution in [0.2, 0.25) is 0 Å². The van der Waals surface area contributed by atoms with Crippen LogP contribution in [0.5, 0.6) is 5.75 Å². The van der Waals surface area contributed by atoms with E-state index in [4.69, 9.17) is 4.74 Å². The maximum Gasteiger partial charge on any atom is 0.342 e. The molecule has 1 atom stereocenters. The van der Waals surface area contributed by atoms with Crippen LogP contribution in [-0.4, -0.2) is 144 Å². The van der Waals surface area contributed by atoms with E-state index in [1.54, 1.807) is 35.2 Å². The lowest BCUT2D eigenvalue weighted by Gasteiger charge is -2.57. The number of halogens is 2. The Balaban J connectivity index is 0.715. The minimum Gasteiger partial charge on any atom is -0.495 e. The van der Waals surface area contributed by atoms with Gasteiger partial charge in [0.05, 0.1) is 42.4 Å². The highest BCUT2D eigenvalue weighted by molar-refractivity contribution is 6.25. The molecule has 2 aromatic carbocycles. The lowest BCUT2D eigenvalue weighted by atomic mass is 9.70. The average molecular weight is 910 g/mol. The minimum atomic E-state index is -3.59. The van der Waals surface area contributed by atoms with Gasteiger partial charge in [0.2, 0.25) is 17.8 Å². The number of nitrogens with zero attached hydrogens (tertiary/aromatic N) is 8. The van der Waals surface area contributed by atoms with Crippen LogP contribution < -0.4 is 35.5 Å². The lowest BCUT2D eigenvalue weighted by molar-refractivity contribution is -0.140. The van der Waals surface area contributed by atoms with Crippen LogP contribution in [0, 0.1) is 5.41 Å². The molecule has 18 nitrogen and oxygen atoms in total. The molecular formula is C46H53F2N11O7. The van der Waals surface area contributed by atoms with Crippen LogP contribution in [0.25, 0.3) is 0 Å². The third kappa shape index (κ3) is 7.76. The number of piperidine rings is 3. The highest BCUT2D eigenvalue weighted by Gasteiger charge is 2.51. The van der Waals surface area contributed by atoms with Gasteiger partial charge in [-0.25, -0.2) is 9.99 Å². The molecule has 0 bridgehead atoms. The van der Waals surface area contributed by atoms with Crippen molar-refractivity contribution in [2.75, 3.05) is 80.0 Å². The molecule has 10 rings (SSSR count). The van der Waals surface area contributed by atoms with Gasteiger partial charge in [-0.1, -0.05) is 18.9 Å². The third-order valence-corrected chi connectivity index (χ3v) is 14.8. The number of carbonyl (C=O) groups is 6. The predicted molar refractivity (Wildman–Crippen MR) is 237 cm³/mol. The molecule has 1 aromatic heterocycles. The Morgan fingerprint density at radius 3 is 2.33 bits per heavy atom. The Kier molecular flexibility index (Phi) is 11.1. The Bertz CT molecular complexity index is 2500. The number of likely N-dealkylation sites (tertiary alicyclic amines) is 1. The standard InChI is InChI=1S/C46H53F2N11O7/c1-54-34-23-49-44(52-38(34)58(29-6-3-4-7-29)26-46(47,48)43(54)65)50-31-11-10-27(22-35(31)66-2)39(61)53-57-18-14-28(15-19-57)56-24-45(25-56)16-20-55(21-17-45)32-9-5-8-30-37(32)42(64)59(41(30)63)33-12-13-36(60)51-40(33)62/h5,8-11,22-23,28-29,33H,3-4,6-7,12-21,24-26H2,1-2H3,(H,53,61)(H,49,50,52)(H,51,60,62). The first-order valence-electron chi connectivity index (χ1n) is 22.9. The van der Waals surface area contributed by atoms with Gasteiger partial charge in [-0.15, -0.1) is 0 Å². The highest BCUT2D eigenvalue weighted by atomic mass is 19.3. The molecule has 5 fully saturated rings. The van der Waals surface area contributed by atoms with E-state index in [1.165, 1.54) is 20.4 Å². The zero-order chi connectivity index (χ0) is 46.1. The number of carbonyl (C=O) groups excluding carboxylic acids is 6. The van der Waals surface area contributed by atoms with Crippen LogP contribution in [0.4, 0.5) is 37.6 Å². The van der Waals surface area contributed by atoms with E-state index in [2.05, 4.69) is 35.8 Å². The normalized spacial score (nSPS) is 23.7. The van der Waals surface area contributed by atoms with Crippen molar-refractivity contribution in [3.63, 3.8) is 0 Å². The number of hydrogen-bond donors (Lipinski definition) is 3. The Morgan fingerprint density at radius 1 is 0.879 bits per heavy atom. The smallest absolute Gasteiger partial charge is 0.342 e. The minimum absolute atomic E-state index is 0.0714. The van der Waals surface area contributed by atoms with Crippen LogP contribution in [0.1, 0.15) is 95.3 Å². The third-order valence-electron chi connectivity index (χ3n) is 14.8. The zero-order valence-electron chi connectivity index (χ0n) is 37.0. The van der Waals surface area contributed by atoms with E-state index in [9.17, 15) is 28.8 Å². The van der Waals surface area contributed by atoms with Crippen molar-refractivity contribution in [1.82, 2.24) is 35.5 Å². The molecule has 348 valence electrons. The van der Waals surface area contributed by atoms with E-state index in [1.807, 2.05) is 11.1 Å². The molecule has 3 N–H and O–H groups in total. The number of alkyl halides is 2. The van der Waals surface area contributed by atoms with Gasteiger partial charge in [-0.3, -0.25) is 49.3 Å². The number of ether oxygens (including phenoxy) is 1. The number of hydrogen-bond acceptors (Lipinski definition) is 14. The molecule has 4 saturated heterocycles. The summed E-state index contributed by atoms with van der Waals surface area (Å²) in [5.41, 5.74) is 5.62. The number of anilines is 5. The van der Waals surface area contributed by atoms with Crippen molar-refractivity contribution in [2.45, 2.75) is 88.3 Å². The quantitative estimate of drug-likeness (QED) is 0.263. The van der Waals surface area contributed by atoms with Gasteiger partial charge in [0, 0.05) is 70.4 Å². The fraction of sp³-hybridized carbons (Fsp3) is 0.522. The SMILES string of the molecule is COc1cc(C(=O)NN2CCC(N3CC4(CCN(c5cccc6c5C(=O)N(C5CCC(=O)NC5=O)C6=O)CC4)C3)CC2)ccc1Nc1ncc2c(n1)N(C1CCCC1)CC(F)(F)C(=O)N2C. The second kappa shape index (κ2) is 16.9. The van der Waals surface area contributed by atoms with Crippen molar-refractivity contribution >= 4 is 64.3 Å². The van der Waals surface area contributed by atoms with E-state index in [0.29, 0.717) is 52.9 Å². The molecule has 6 amide bonds. The summed E-state index contributed by atoms with van der Waals surface area (Å²) in [5.74, 6) is -6.44. The summed E-state index contributed by atoms with van der Waals surface area (Å²) in [7, 11) is 2.80. The first kappa shape index (κ1) is 43.6. The average Bonchev–Trinajstić information content (AvgIpc) is 3.92. The van der Waals surface area contributed by atoms with Crippen LogP contribution in [0.3, 0.4) is 0 Å². The molecule has 0 radical (unpaired) electrons. The fourth-order valence-electron chi connectivity index (χ4n) is 11.1. The van der Waals surface area contributed by atoms with Crippen LogP contribution >= 0.6 is 0 Å². The zero-order valence-corrected chi connectivity index (χ0v) is 37.0. The second-order valence-corrected chi connectivity index (χ2v) is 18.8. The summed E-state index contributed by atoms with van der Waals surface area (Å²) >= 11 is 0. The lowest BCUT2D eigenvalue weighted by Crippen LogP contribution is -2.64.